The van der Waals surface area contributed by atoms with Crippen LogP contribution in [0.15, 0.2) is 54.6 Å². The molecule has 112 valence electrons. The van der Waals surface area contributed by atoms with Crippen molar-refractivity contribution >= 4 is 13.3 Å². The van der Waals surface area contributed by atoms with Gasteiger partial charge in [0.05, 0.1) is 5.73 Å². The minimum absolute atomic E-state index is 0.149. The van der Waals surface area contributed by atoms with E-state index in [4.69, 9.17) is 0 Å². The Morgan fingerprint density at radius 3 is 1.86 bits per heavy atom. The molecule has 0 aliphatic carbocycles. The van der Waals surface area contributed by atoms with Crippen molar-refractivity contribution in [3.05, 3.63) is 65.7 Å². The Balaban J connectivity index is 2.29. The van der Waals surface area contributed by atoms with Crippen LogP contribution in [-0.4, -0.2) is 13.2 Å². The standard InChI is InChI=1S/C19H26OSi/c1-19(2,3)16-13-11-15(12-14-16)18(20)21(4,5)17-9-7-6-8-10-17/h6-14,18,20H,1-5H3/t18-/m0/s1. The molecule has 0 radical (unpaired) electrons. The van der Waals surface area contributed by atoms with Crippen molar-refractivity contribution in [2.24, 2.45) is 0 Å². The van der Waals surface area contributed by atoms with Crippen molar-refractivity contribution in [1.82, 2.24) is 0 Å². The maximum absolute atomic E-state index is 10.9. The van der Waals surface area contributed by atoms with E-state index in [-0.39, 0.29) is 11.1 Å². The van der Waals surface area contributed by atoms with Crippen LogP contribution in [-0.2, 0) is 5.41 Å². The summed E-state index contributed by atoms with van der Waals surface area (Å²) in [7, 11) is -1.93. The Bertz CT molecular complexity index is 579. The first-order valence-corrected chi connectivity index (χ1v) is 10.6. The Labute approximate surface area is 129 Å². The highest BCUT2D eigenvalue weighted by Crippen LogP contribution is 2.28. The van der Waals surface area contributed by atoms with Gasteiger partial charge in [0, 0.05) is 0 Å². The molecule has 1 atom stereocenters. The zero-order valence-electron chi connectivity index (χ0n) is 13.7. The van der Waals surface area contributed by atoms with Crippen LogP contribution < -0.4 is 5.19 Å². The Morgan fingerprint density at radius 2 is 1.38 bits per heavy atom. The highest BCUT2D eigenvalue weighted by molar-refractivity contribution is 6.90. The molecule has 2 aromatic carbocycles. The van der Waals surface area contributed by atoms with Crippen LogP contribution in [0.2, 0.25) is 13.1 Å². The van der Waals surface area contributed by atoms with Crippen LogP contribution >= 0.6 is 0 Å². The number of benzene rings is 2. The van der Waals surface area contributed by atoms with Gasteiger partial charge in [-0.05, 0) is 16.5 Å². The molecule has 2 aromatic rings. The highest BCUT2D eigenvalue weighted by Gasteiger charge is 2.33. The summed E-state index contributed by atoms with van der Waals surface area (Å²) in [4.78, 5) is 0. The second-order valence-electron chi connectivity index (χ2n) is 7.36. The molecule has 0 fully saturated rings. The molecular weight excluding hydrogens is 272 g/mol. The molecule has 0 aliphatic rings. The molecule has 21 heavy (non-hydrogen) atoms. The predicted molar refractivity (Wildman–Crippen MR) is 93.7 cm³/mol. The summed E-state index contributed by atoms with van der Waals surface area (Å²) in [5.74, 6) is 0. The minimum Gasteiger partial charge on any atom is -0.392 e. The largest absolute Gasteiger partial charge is 0.392 e. The summed E-state index contributed by atoms with van der Waals surface area (Å²) in [6.07, 6.45) is 0. The van der Waals surface area contributed by atoms with Crippen molar-refractivity contribution in [3.63, 3.8) is 0 Å². The molecule has 0 saturated heterocycles. The molecule has 0 unspecified atom stereocenters. The molecule has 2 rings (SSSR count). The molecule has 0 aromatic heterocycles. The van der Waals surface area contributed by atoms with Crippen LogP contribution in [0.1, 0.15) is 37.6 Å². The summed E-state index contributed by atoms with van der Waals surface area (Å²) >= 11 is 0. The third-order valence-corrected chi connectivity index (χ3v) is 7.82. The zero-order chi connectivity index (χ0) is 15.7. The molecule has 0 aliphatic heterocycles. The van der Waals surface area contributed by atoms with Gasteiger partial charge in [-0.2, -0.15) is 0 Å². The molecule has 1 N–H and O–H groups in total. The van der Waals surface area contributed by atoms with Gasteiger partial charge in [0.15, 0.2) is 0 Å². The Morgan fingerprint density at radius 1 is 0.857 bits per heavy atom. The van der Waals surface area contributed by atoms with Crippen LogP contribution in [0.4, 0.5) is 0 Å². The van der Waals surface area contributed by atoms with Gasteiger partial charge < -0.3 is 5.11 Å². The number of hydrogen-bond acceptors (Lipinski definition) is 1. The molecule has 0 bridgehead atoms. The summed E-state index contributed by atoms with van der Waals surface area (Å²) in [6, 6.07) is 18.9. The number of aliphatic hydroxyl groups excluding tert-OH is 1. The molecule has 0 spiro atoms. The van der Waals surface area contributed by atoms with Gasteiger partial charge in [0.2, 0.25) is 0 Å². The van der Waals surface area contributed by atoms with Gasteiger partial charge in [-0.25, -0.2) is 0 Å². The van der Waals surface area contributed by atoms with E-state index in [1.807, 2.05) is 6.07 Å². The van der Waals surface area contributed by atoms with E-state index in [0.717, 1.165) is 5.56 Å². The van der Waals surface area contributed by atoms with Gasteiger partial charge in [0.1, 0.15) is 8.07 Å². The molecule has 1 nitrogen and oxygen atoms in total. The van der Waals surface area contributed by atoms with Crippen molar-refractivity contribution < 1.29 is 5.11 Å². The topological polar surface area (TPSA) is 20.2 Å². The van der Waals surface area contributed by atoms with Gasteiger partial charge in [-0.1, -0.05) is 93.6 Å². The first-order valence-electron chi connectivity index (χ1n) is 7.57. The second kappa shape index (κ2) is 5.78. The number of rotatable bonds is 3. The van der Waals surface area contributed by atoms with Crippen molar-refractivity contribution in [2.45, 2.75) is 45.0 Å². The highest BCUT2D eigenvalue weighted by atomic mass is 28.3. The zero-order valence-corrected chi connectivity index (χ0v) is 14.7. The maximum atomic E-state index is 10.9. The van der Waals surface area contributed by atoms with Crippen molar-refractivity contribution in [2.75, 3.05) is 0 Å². The van der Waals surface area contributed by atoms with Crippen LogP contribution in [0.5, 0.6) is 0 Å². The lowest BCUT2D eigenvalue weighted by atomic mass is 9.87. The summed E-state index contributed by atoms with van der Waals surface area (Å²) in [5, 5.41) is 12.1. The van der Waals surface area contributed by atoms with E-state index in [0.29, 0.717) is 0 Å². The smallest absolute Gasteiger partial charge is 0.118 e. The van der Waals surface area contributed by atoms with Gasteiger partial charge in [-0.3, -0.25) is 0 Å². The van der Waals surface area contributed by atoms with E-state index in [1.54, 1.807) is 0 Å². The molecule has 0 amide bonds. The molecule has 0 heterocycles. The van der Waals surface area contributed by atoms with E-state index in [2.05, 4.69) is 82.4 Å². The van der Waals surface area contributed by atoms with E-state index < -0.39 is 8.07 Å². The monoisotopic (exact) mass is 298 g/mol. The number of aliphatic hydroxyl groups is 1. The summed E-state index contributed by atoms with van der Waals surface area (Å²) in [6.45, 7) is 11.1. The fourth-order valence-electron chi connectivity index (χ4n) is 2.61. The summed E-state index contributed by atoms with van der Waals surface area (Å²) in [5.41, 5.74) is 2.10. The normalized spacial score (nSPS) is 14.0. The fourth-order valence-corrected chi connectivity index (χ4v) is 5.00. The van der Waals surface area contributed by atoms with Crippen LogP contribution in [0.3, 0.4) is 0 Å². The fraction of sp³-hybridized carbons (Fsp3) is 0.368. The molecular formula is C19H26OSi. The van der Waals surface area contributed by atoms with Crippen LogP contribution in [0, 0.1) is 0 Å². The first kappa shape index (κ1) is 16.0. The van der Waals surface area contributed by atoms with Crippen molar-refractivity contribution in [3.8, 4) is 0 Å². The van der Waals surface area contributed by atoms with Gasteiger partial charge >= 0.3 is 0 Å². The molecule has 2 heteroatoms. The SMILES string of the molecule is CC(C)(C)c1ccc([C@@H](O)[Si](C)(C)c2ccccc2)cc1. The quantitative estimate of drug-likeness (QED) is 0.843. The Hall–Kier alpha value is -1.38. The molecule has 0 saturated carbocycles. The average Bonchev–Trinajstić information content (AvgIpc) is 2.46. The maximum Gasteiger partial charge on any atom is 0.118 e. The lowest BCUT2D eigenvalue weighted by Crippen LogP contribution is -2.47. The van der Waals surface area contributed by atoms with E-state index in [1.165, 1.54) is 10.8 Å². The second-order valence-corrected chi connectivity index (χ2v) is 11.9. The number of hydrogen-bond donors (Lipinski definition) is 1. The average molecular weight is 299 g/mol. The lowest BCUT2D eigenvalue weighted by Gasteiger charge is -2.30. The van der Waals surface area contributed by atoms with E-state index >= 15 is 0 Å². The van der Waals surface area contributed by atoms with Gasteiger partial charge in [-0.15, -0.1) is 0 Å². The third-order valence-electron chi connectivity index (χ3n) is 4.29. The van der Waals surface area contributed by atoms with Crippen molar-refractivity contribution in [1.29, 1.82) is 0 Å². The van der Waals surface area contributed by atoms with E-state index in [9.17, 15) is 5.11 Å². The lowest BCUT2D eigenvalue weighted by molar-refractivity contribution is 0.251. The van der Waals surface area contributed by atoms with Gasteiger partial charge in [0.25, 0.3) is 0 Å². The van der Waals surface area contributed by atoms with Crippen LogP contribution in [0.25, 0.3) is 0 Å². The minimum atomic E-state index is -1.93. The summed E-state index contributed by atoms with van der Waals surface area (Å²) < 4.78 is 0. The third kappa shape index (κ3) is 3.45. The predicted octanol–water partition coefficient (Wildman–Crippen LogP) is 4.17. The first-order chi connectivity index (χ1) is 9.73. The Kier molecular flexibility index (Phi) is 4.40.